The van der Waals surface area contributed by atoms with Gasteiger partial charge in [-0.05, 0) is 36.5 Å². The molecule has 1 aliphatic rings. The molecule has 166 valence electrons. The lowest BCUT2D eigenvalue weighted by molar-refractivity contribution is -0.173. The summed E-state index contributed by atoms with van der Waals surface area (Å²) < 4.78 is 10.8. The Balaban J connectivity index is 2.51. The van der Waals surface area contributed by atoms with Gasteiger partial charge in [0.25, 0.3) is 0 Å². The van der Waals surface area contributed by atoms with Gasteiger partial charge in [-0.15, -0.1) is 0 Å². The summed E-state index contributed by atoms with van der Waals surface area (Å²) in [6.45, 7) is 9.36. The minimum atomic E-state index is -1.66. The highest BCUT2D eigenvalue weighted by atomic mass is 35.5. The van der Waals surface area contributed by atoms with Gasteiger partial charge in [-0.1, -0.05) is 51.4 Å². The number of benzene rings is 1. The fourth-order valence-corrected chi connectivity index (χ4v) is 3.90. The molecule has 7 heteroatoms. The highest BCUT2D eigenvalue weighted by Gasteiger charge is 2.57. The minimum Gasteiger partial charge on any atom is -0.465 e. The molecule has 0 aliphatic heterocycles. The molecule has 1 saturated carbocycles. The molecule has 1 aromatic carbocycles. The van der Waals surface area contributed by atoms with Crippen LogP contribution >= 0.6 is 11.6 Å². The van der Waals surface area contributed by atoms with Crippen molar-refractivity contribution in [3.8, 4) is 0 Å². The van der Waals surface area contributed by atoms with Crippen LogP contribution in [-0.4, -0.2) is 41.6 Å². The molecule has 30 heavy (non-hydrogen) atoms. The number of carbonyl (C=O) groups excluding carboxylic acids is 3. The zero-order valence-corrected chi connectivity index (χ0v) is 18.9. The maximum absolute atomic E-state index is 13.0. The van der Waals surface area contributed by atoms with E-state index in [1.165, 1.54) is 6.92 Å². The van der Waals surface area contributed by atoms with Crippen molar-refractivity contribution in [2.75, 3.05) is 13.2 Å². The van der Waals surface area contributed by atoms with Gasteiger partial charge in [-0.2, -0.15) is 0 Å². The monoisotopic (exact) mass is 438 g/mol. The molecule has 0 amide bonds. The SMILES string of the molecule is CC(C)COC(=O)[C@@H]1C(=O)C[C@](C)(O)[C@@H](C(=O)OCC(C)C)[C@@H]1c1ccc(Cl)cc1. The van der Waals surface area contributed by atoms with Gasteiger partial charge in [-0.25, -0.2) is 0 Å². The molecule has 0 radical (unpaired) electrons. The van der Waals surface area contributed by atoms with E-state index in [2.05, 4.69) is 0 Å². The summed E-state index contributed by atoms with van der Waals surface area (Å²) in [5.41, 5.74) is -1.12. The smallest absolute Gasteiger partial charge is 0.317 e. The molecule has 1 aromatic rings. The normalized spacial score (nSPS) is 26.7. The van der Waals surface area contributed by atoms with E-state index in [0.29, 0.717) is 10.6 Å². The molecule has 0 heterocycles. The van der Waals surface area contributed by atoms with Crippen LogP contribution in [0.4, 0.5) is 0 Å². The highest BCUT2D eigenvalue weighted by molar-refractivity contribution is 6.30. The van der Waals surface area contributed by atoms with Crippen LogP contribution in [0.1, 0.15) is 52.5 Å². The Morgan fingerprint density at radius 1 is 1.07 bits per heavy atom. The average molecular weight is 439 g/mol. The molecule has 2 rings (SSSR count). The molecule has 0 aromatic heterocycles. The maximum Gasteiger partial charge on any atom is 0.317 e. The van der Waals surface area contributed by atoms with E-state index in [0.717, 1.165) is 0 Å². The van der Waals surface area contributed by atoms with Crippen LogP contribution < -0.4 is 0 Å². The molecule has 0 unspecified atom stereocenters. The summed E-state index contributed by atoms with van der Waals surface area (Å²) in [4.78, 5) is 38.9. The lowest BCUT2D eigenvalue weighted by atomic mass is 9.61. The molecule has 1 N–H and O–H groups in total. The van der Waals surface area contributed by atoms with Crippen molar-refractivity contribution in [1.29, 1.82) is 0 Å². The van der Waals surface area contributed by atoms with E-state index in [4.69, 9.17) is 21.1 Å². The highest BCUT2D eigenvalue weighted by Crippen LogP contribution is 2.47. The van der Waals surface area contributed by atoms with E-state index in [1.54, 1.807) is 24.3 Å². The van der Waals surface area contributed by atoms with Crippen molar-refractivity contribution in [2.24, 2.45) is 23.7 Å². The predicted octanol–water partition coefficient (Wildman–Crippen LogP) is 3.78. The van der Waals surface area contributed by atoms with E-state index in [9.17, 15) is 19.5 Å². The van der Waals surface area contributed by atoms with Crippen molar-refractivity contribution in [1.82, 2.24) is 0 Å². The molecule has 0 spiro atoms. The Labute approximate surface area is 182 Å². The first-order chi connectivity index (χ1) is 13.9. The van der Waals surface area contributed by atoms with E-state index in [-0.39, 0.29) is 31.5 Å². The minimum absolute atomic E-state index is 0.0940. The number of carbonyl (C=O) groups is 3. The van der Waals surface area contributed by atoms with Gasteiger partial charge in [0, 0.05) is 17.4 Å². The van der Waals surface area contributed by atoms with Crippen molar-refractivity contribution in [3.05, 3.63) is 34.9 Å². The summed E-state index contributed by atoms with van der Waals surface area (Å²) >= 11 is 6.00. The van der Waals surface area contributed by atoms with Gasteiger partial charge in [-0.3, -0.25) is 14.4 Å². The zero-order valence-electron chi connectivity index (χ0n) is 18.2. The predicted molar refractivity (Wildman–Crippen MR) is 113 cm³/mol. The number of Topliss-reactive ketones (excluding diaryl/α,β-unsaturated/α-hetero) is 1. The van der Waals surface area contributed by atoms with Crippen LogP contribution in [0.25, 0.3) is 0 Å². The third kappa shape index (κ3) is 5.82. The van der Waals surface area contributed by atoms with Gasteiger partial charge in [0.15, 0.2) is 5.78 Å². The van der Waals surface area contributed by atoms with E-state index >= 15 is 0 Å². The first-order valence-corrected chi connectivity index (χ1v) is 10.7. The quantitative estimate of drug-likeness (QED) is 0.514. The average Bonchev–Trinajstić information content (AvgIpc) is 2.63. The molecule has 0 saturated heterocycles. The number of esters is 2. The summed E-state index contributed by atoms with van der Waals surface area (Å²) in [6, 6.07) is 6.57. The Kier molecular flexibility index (Phi) is 8.06. The summed E-state index contributed by atoms with van der Waals surface area (Å²) in [6.07, 6.45) is -0.333. The van der Waals surface area contributed by atoms with E-state index in [1.807, 2.05) is 27.7 Å². The Bertz CT molecular complexity index is 768. The van der Waals surface area contributed by atoms with Gasteiger partial charge < -0.3 is 14.6 Å². The summed E-state index contributed by atoms with van der Waals surface area (Å²) in [7, 11) is 0. The van der Waals surface area contributed by atoms with Gasteiger partial charge in [0.1, 0.15) is 5.92 Å². The lowest BCUT2D eigenvalue weighted by Crippen LogP contribution is -2.55. The van der Waals surface area contributed by atoms with Crippen molar-refractivity contribution < 1.29 is 29.0 Å². The maximum atomic E-state index is 13.0. The van der Waals surface area contributed by atoms with Crippen LogP contribution in [0.2, 0.25) is 5.02 Å². The number of hydrogen-bond acceptors (Lipinski definition) is 6. The number of halogens is 1. The largest absolute Gasteiger partial charge is 0.465 e. The molecule has 1 aliphatic carbocycles. The first kappa shape index (κ1) is 24.4. The Morgan fingerprint density at radius 2 is 1.57 bits per heavy atom. The van der Waals surface area contributed by atoms with Crippen molar-refractivity contribution in [2.45, 2.75) is 52.6 Å². The number of ether oxygens (including phenoxy) is 2. The number of ketones is 1. The van der Waals surface area contributed by atoms with Crippen molar-refractivity contribution in [3.63, 3.8) is 0 Å². The van der Waals surface area contributed by atoms with Crippen LogP contribution in [0.5, 0.6) is 0 Å². The first-order valence-electron chi connectivity index (χ1n) is 10.3. The molecule has 4 atom stereocenters. The van der Waals surface area contributed by atoms with Crippen LogP contribution in [-0.2, 0) is 23.9 Å². The van der Waals surface area contributed by atoms with Crippen LogP contribution in [0.3, 0.4) is 0 Å². The van der Waals surface area contributed by atoms with Gasteiger partial charge in [0.05, 0.1) is 24.7 Å². The topological polar surface area (TPSA) is 89.9 Å². The fraction of sp³-hybridized carbons (Fsp3) is 0.609. The third-order valence-corrected chi connectivity index (χ3v) is 5.40. The fourth-order valence-electron chi connectivity index (χ4n) is 3.78. The molecule has 1 fully saturated rings. The van der Waals surface area contributed by atoms with E-state index < -0.39 is 41.1 Å². The Morgan fingerprint density at radius 3 is 2.07 bits per heavy atom. The number of hydrogen-bond donors (Lipinski definition) is 1. The number of rotatable bonds is 7. The Hall–Kier alpha value is -1.92. The molecule has 6 nitrogen and oxygen atoms in total. The second-order valence-corrected chi connectivity index (χ2v) is 9.52. The molecular weight excluding hydrogens is 408 g/mol. The molecular formula is C23H31ClO6. The van der Waals surface area contributed by atoms with Crippen LogP contribution in [0.15, 0.2) is 24.3 Å². The lowest BCUT2D eigenvalue weighted by Gasteiger charge is -2.43. The summed E-state index contributed by atoms with van der Waals surface area (Å²) in [5, 5.41) is 11.5. The van der Waals surface area contributed by atoms with Gasteiger partial charge >= 0.3 is 11.9 Å². The summed E-state index contributed by atoms with van der Waals surface area (Å²) in [5.74, 6) is -4.82. The standard InChI is InChI=1S/C23H31ClO6/c1-13(2)11-29-21(26)19-17(25)10-23(5,28)20(22(27)30-12-14(3)4)18(19)15-6-8-16(24)9-7-15/h6-9,13-14,18-20,28H,10-12H2,1-5H3/t18-,19-,20-,23+/m1/s1. The number of aliphatic hydroxyl groups is 1. The van der Waals surface area contributed by atoms with Crippen molar-refractivity contribution >= 4 is 29.3 Å². The molecule has 0 bridgehead atoms. The third-order valence-electron chi connectivity index (χ3n) is 5.15. The zero-order chi connectivity index (χ0) is 22.6. The van der Waals surface area contributed by atoms with Gasteiger partial charge in [0.2, 0.25) is 0 Å². The second kappa shape index (κ2) is 9.92. The van der Waals surface area contributed by atoms with Crippen LogP contribution in [0, 0.1) is 23.7 Å². The second-order valence-electron chi connectivity index (χ2n) is 9.08.